The number of aromatic nitrogens is 3. The van der Waals surface area contributed by atoms with Crippen LogP contribution in [0.15, 0.2) is 48.8 Å². The molecular formula is C17H13ClF4N4. The number of hydrogen-bond acceptors (Lipinski definition) is 3. The van der Waals surface area contributed by atoms with Crippen molar-refractivity contribution >= 4 is 22.6 Å². The summed E-state index contributed by atoms with van der Waals surface area (Å²) >= 11 is 5.91. The molecule has 3 aromatic rings. The third-order valence-corrected chi connectivity index (χ3v) is 3.94. The Morgan fingerprint density at radius 3 is 2.65 bits per heavy atom. The van der Waals surface area contributed by atoms with E-state index in [2.05, 4.69) is 9.97 Å². The minimum absolute atomic E-state index is 0.00824. The number of allylic oxidation sites excluding steroid dienone is 1. The smallest absolute Gasteiger partial charge is 0.327 e. The number of pyridine rings is 1. The van der Waals surface area contributed by atoms with Crippen LogP contribution in [0.25, 0.3) is 22.2 Å². The van der Waals surface area contributed by atoms with Crippen molar-refractivity contribution in [3.05, 3.63) is 59.4 Å². The van der Waals surface area contributed by atoms with Crippen LogP contribution in [0.4, 0.5) is 17.6 Å². The molecule has 0 aliphatic heterocycles. The van der Waals surface area contributed by atoms with E-state index in [1.54, 1.807) is 0 Å². The highest BCUT2D eigenvalue weighted by Gasteiger charge is 2.32. The summed E-state index contributed by atoms with van der Waals surface area (Å²) in [5, 5.41) is 0.282. The predicted molar refractivity (Wildman–Crippen MR) is 91.2 cm³/mol. The zero-order chi connectivity index (χ0) is 18.9. The molecule has 0 unspecified atom stereocenters. The molecule has 2 heterocycles. The average molecular weight is 385 g/mol. The van der Waals surface area contributed by atoms with Crippen molar-refractivity contribution in [3.8, 4) is 11.1 Å². The van der Waals surface area contributed by atoms with Gasteiger partial charge in [-0.1, -0.05) is 11.6 Å². The van der Waals surface area contributed by atoms with Gasteiger partial charge in [0.1, 0.15) is 5.83 Å². The van der Waals surface area contributed by atoms with Gasteiger partial charge in [0.2, 0.25) is 0 Å². The van der Waals surface area contributed by atoms with E-state index in [1.165, 1.54) is 29.4 Å². The largest absolute Gasteiger partial charge is 0.416 e. The molecule has 0 radical (unpaired) electrons. The van der Waals surface area contributed by atoms with Crippen LogP contribution in [0, 0.1) is 0 Å². The lowest BCUT2D eigenvalue weighted by Crippen LogP contribution is -2.06. The standard InChI is InChI=1S/C17H13ClF4N4/c18-12-3-10(6-24-7-12)14-4-11(17(20,21)22)5-15-16(14)25-9-26(15)8-13(19)1-2-23/h1,3-7,9H,2,8,23H2/b13-1-. The van der Waals surface area contributed by atoms with Gasteiger partial charge in [0.05, 0.1) is 34.5 Å². The topological polar surface area (TPSA) is 56.7 Å². The van der Waals surface area contributed by atoms with Crippen LogP contribution >= 0.6 is 11.6 Å². The van der Waals surface area contributed by atoms with Crippen LogP contribution in [-0.4, -0.2) is 21.1 Å². The fraction of sp³-hybridized carbons (Fsp3) is 0.176. The second-order valence-corrected chi connectivity index (χ2v) is 5.98. The van der Waals surface area contributed by atoms with E-state index in [4.69, 9.17) is 17.3 Å². The molecule has 1 aromatic carbocycles. The molecule has 3 rings (SSSR count). The van der Waals surface area contributed by atoms with E-state index < -0.39 is 17.6 Å². The minimum atomic E-state index is -4.57. The first-order chi connectivity index (χ1) is 12.3. The van der Waals surface area contributed by atoms with Gasteiger partial charge in [-0.2, -0.15) is 13.2 Å². The minimum Gasteiger partial charge on any atom is -0.327 e. The van der Waals surface area contributed by atoms with Crippen LogP contribution in [-0.2, 0) is 12.7 Å². The van der Waals surface area contributed by atoms with E-state index in [9.17, 15) is 17.6 Å². The van der Waals surface area contributed by atoms with Gasteiger partial charge in [0.15, 0.2) is 0 Å². The Labute approximate surface area is 150 Å². The maximum atomic E-state index is 13.8. The molecule has 0 bridgehead atoms. The molecule has 0 saturated carbocycles. The van der Waals surface area contributed by atoms with Crippen LogP contribution < -0.4 is 5.73 Å². The van der Waals surface area contributed by atoms with E-state index in [0.717, 1.165) is 18.2 Å². The third kappa shape index (κ3) is 3.71. The second kappa shape index (κ2) is 7.05. The molecule has 2 aromatic heterocycles. The maximum absolute atomic E-state index is 13.8. The average Bonchev–Trinajstić information content (AvgIpc) is 2.96. The van der Waals surface area contributed by atoms with Crippen LogP contribution in [0.3, 0.4) is 0 Å². The summed E-state index contributed by atoms with van der Waals surface area (Å²) in [5.41, 5.74) is 5.43. The van der Waals surface area contributed by atoms with Crippen molar-refractivity contribution in [2.75, 3.05) is 6.54 Å². The Morgan fingerprint density at radius 2 is 2.00 bits per heavy atom. The Hall–Kier alpha value is -2.45. The summed E-state index contributed by atoms with van der Waals surface area (Å²) in [4.78, 5) is 8.07. The molecule has 0 atom stereocenters. The number of hydrogen-bond donors (Lipinski definition) is 1. The molecule has 9 heteroatoms. The maximum Gasteiger partial charge on any atom is 0.416 e. The number of benzene rings is 1. The Bertz CT molecular complexity index is 979. The van der Waals surface area contributed by atoms with Gasteiger partial charge in [0, 0.05) is 30.1 Å². The van der Waals surface area contributed by atoms with Gasteiger partial charge >= 0.3 is 6.18 Å². The number of imidazole rings is 1. The molecule has 0 fully saturated rings. The first-order valence-corrected chi connectivity index (χ1v) is 7.89. The molecule has 0 spiro atoms. The molecule has 0 amide bonds. The van der Waals surface area contributed by atoms with Crippen molar-refractivity contribution in [1.82, 2.24) is 14.5 Å². The molecule has 26 heavy (non-hydrogen) atoms. The van der Waals surface area contributed by atoms with Crippen molar-refractivity contribution in [1.29, 1.82) is 0 Å². The van der Waals surface area contributed by atoms with Gasteiger partial charge in [-0.15, -0.1) is 0 Å². The van der Waals surface area contributed by atoms with Gasteiger partial charge in [0.25, 0.3) is 0 Å². The monoisotopic (exact) mass is 384 g/mol. The third-order valence-electron chi connectivity index (χ3n) is 3.73. The normalized spacial score (nSPS) is 12.8. The molecular weight excluding hydrogens is 372 g/mol. The van der Waals surface area contributed by atoms with E-state index >= 15 is 0 Å². The number of nitrogens with two attached hydrogens (primary N) is 1. The number of alkyl halides is 3. The summed E-state index contributed by atoms with van der Waals surface area (Å²) in [6, 6.07) is 3.43. The van der Waals surface area contributed by atoms with E-state index in [1.807, 2.05) is 0 Å². The molecule has 136 valence electrons. The highest BCUT2D eigenvalue weighted by molar-refractivity contribution is 6.30. The number of nitrogens with zero attached hydrogens (tertiary/aromatic N) is 3. The van der Waals surface area contributed by atoms with Crippen molar-refractivity contribution in [3.63, 3.8) is 0 Å². The molecule has 0 saturated heterocycles. The quantitative estimate of drug-likeness (QED) is 0.670. The Morgan fingerprint density at radius 1 is 1.23 bits per heavy atom. The highest BCUT2D eigenvalue weighted by atomic mass is 35.5. The molecule has 0 aliphatic rings. The fourth-order valence-electron chi connectivity index (χ4n) is 2.59. The lowest BCUT2D eigenvalue weighted by atomic mass is 10.0. The van der Waals surface area contributed by atoms with Gasteiger partial charge in [-0.05, 0) is 24.3 Å². The fourth-order valence-corrected chi connectivity index (χ4v) is 2.76. The van der Waals surface area contributed by atoms with Crippen LogP contribution in [0.5, 0.6) is 0 Å². The lowest BCUT2D eigenvalue weighted by Gasteiger charge is -2.12. The number of halogens is 5. The number of rotatable bonds is 4. The molecule has 0 aliphatic carbocycles. The van der Waals surface area contributed by atoms with Gasteiger partial charge < -0.3 is 10.3 Å². The zero-order valence-electron chi connectivity index (χ0n) is 13.3. The van der Waals surface area contributed by atoms with Gasteiger partial charge in [-0.25, -0.2) is 9.37 Å². The van der Waals surface area contributed by atoms with E-state index in [0.29, 0.717) is 11.1 Å². The van der Waals surface area contributed by atoms with Crippen LogP contribution in [0.2, 0.25) is 5.02 Å². The summed E-state index contributed by atoms with van der Waals surface area (Å²) in [7, 11) is 0. The summed E-state index contributed by atoms with van der Waals surface area (Å²) in [5.74, 6) is -0.560. The van der Waals surface area contributed by atoms with E-state index in [-0.39, 0.29) is 29.2 Å². The number of fused-ring (bicyclic) bond motifs is 1. The SMILES string of the molecule is NC/C=C(\F)Cn1cnc2c(-c3cncc(Cl)c3)cc(C(F)(F)F)cc21. The zero-order valence-corrected chi connectivity index (χ0v) is 14.0. The van der Waals surface area contributed by atoms with Gasteiger partial charge in [-0.3, -0.25) is 4.98 Å². The Kier molecular flexibility index (Phi) is 4.97. The summed E-state index contributed by atoms with van der Waals surface area (Å²) in [6.45, 7) is -0.270. The summed E-state index contributed by atoms with van der Waals surface area (Å²) < 4.78 is 55.1. The Balaban J connectivity index is 2.24. The highest BCUT2D eigenvalue weighted by Crippen LogP contribution is 2.37. The first kappa shape index (κ1) is 18.3. The second-order valence-electron chi connectivity index (χ2n) is 5.54. The van der Waals surface area contributed by atoms with Crippen LogP contribution in [0.1, 0.15) is 5.56 Å². The van der Waals surface area contributed by atoms with Crippen molar-refractivity contribution in [2.24, 2.45) is 5.73 Å². The summed E-state index contributed by atoms with van der Waals surface area (Å²) in [6.07, 6.45) is 0.642. The first-order valence-electron chi connectivity index (χ1n) is 7.51. The molecule has 2 N–H and O–H groups in total. The predicted octanol–water partition coefficient (Wildman–Crippen LogP) is 4.58. The van der Waals surface area contributed by atoms with Crippen molar-refractivity contribution in [2.45, 2.75) is 12.7 Å². The molecule has 4 nitrogen and oxygen atoms in total. The van der Waals surface area contributed by atoms with Crippen molar-refractivity contribution < 1.29 is 17.6 Å². The lowest BCUT2D eigenvalue weighted by molar-refractivity contribution is -0.137.